The number of nitrogens with zero attached hydrogens (tertiary/aromatic N) is 4. The summed E-state index contributed by atoms with van der Waals surface area (Å²) in [5, 5.41) is 17.3. The minimum Gasteiger partial charge on any atom is -0.494 e. The van der Waals surface area contributed by atoms with Gasteiger partial charge >= 0.3 is 31.5 Å². The molecular formula is C74H77BBr2N4O15S4. The summed E-state index contributed by atoms with van der Waals surface area (Å²) in [6, 6.07) is 37.0. The van der Waals surface area contributed by atoms with E-state index in [9.17, 15) is 38.4 Å². The van der Waals surface area contributed by atoms with E-state index in [1.807, 2.05) is 86.6 Å². The van der Waals surface area contributed by atoms with Crippen molar-refractivity contribution in [2.45, 2.75) is 152 Å². The molecule has 26 heteroatoms. The van der Waals surface area contributed by atoms with Gasteiger partial charge in [0, 0.05) is 9.75 Å². The van der Waals surface area contributed by atoms with Gasteiger partial charge in [0.15, 0.2) is 0 Å². The number of ether oxygens (including phenoxy) is 5. The number of unbranched alkanes of at least 4 members (excludes halogenated alkanes) is 3. The number of rotatable bonds is 13. The zero-order valence-electron chi connectivity index (χ0n) is 58.0. The first kappa shape index (κ1) is 76.1. The molecule has 4 aliphatic heterocycles. The molecule has 4 aromatic heterocycles. The number of carbonyl (C=O) groups is 8. The lowest BCUT2D eigenvalue weighted by atomic mass is 9.80. The Morgan fingerprint density at radius 1 is 0.400 bits per heavy atom. The number of aryl methyl sites for hydroxylation is 2. The molecule has 8 amide bonds. The Balaban J connectivity index is 0.000000216. The first-order chi connectivity index (χ1) is 46.8. The van der Waals surface area contributed by atoms with Crippen molar-refractivity contribution >= 4 is 161 Å². The lowest BCUT2D eigenvalue weighted by molar-refractivity contribution is -0.123. The molecule has 7 aromatic rings. The van der Waals surface area contributed by atoms with Crippen LogP contribution in [0.1, 0.15) is 146 Å². The molecule has 0 radical (unpaired) electrons. The van der Waals surface area contributed by atoms with Crippen LogP contribution in [-0.2, 0) is 38.1 Å². The van der Waals surface area contributed by atoms with Crippen molar-refractivity contribution in [2.75, 3.05) is 6.61 Å². The molecule has 524 valence electrons. The third-order valence-corrected chi connectivity index (χ3v) is 20.3. The summed E-state index contributed by atoms with van der Waals surface area (Å²) in [5.74, 6) is -2.25. The molecule has 0 aliphatic carbocycles. The van der Waals surface area contributed by atoms with Crippen molar-refractivity contribution in [2.24, 2.45) is 0 Å². The third kappa shape index (κ3) is 17.6. The lowest BCUT2D eigenvalue weighted by Gasteiger charge is -2.27. The maximum Gasteiger partial charge on any atom is 0.488 e. The van der Waals surface area contributed by atoms with E-state index in [1.165, 1.54) is 58.2 Å². The van der Waals surface area contributed by atoms with E-state index in [0.717, 1.165) is 77.8 Å². The van der Waals surface area contributed by atoms with Crippen molar-refractivity contribution in [1.29, 1.82) is 0 Å². The average Bonchev–Trinajstić information content (AvgIpc) is 1.55. The summed E-state index contributed by atoms with van der Waals surface area (Å²) in [6.07, 6.45) is 0.812. The van der Waals surface area contributed by atoms with Crippen LogP contribution in [0.5, 0.6) is 5.75 Å². The van der Waals surface area contributed by atoms with Crippen LogP contribution in [0.25, 0.3) is 43.7 Å². The minimum absolute atomic E-state index is 0.0504. The minimum atomic E-state index is -1.35. The van der Waals surface area contributed by atoms with Crippen LogP contribution >= 0.6 is 77.2 Å². The van der Waals surface area contributed by atoms with Crippen LogP contribution in [0, 0.1) is 13.8 Å². The maximum atomic E-state index is 14.6. The molecule has 8 heterocycles. The fourth-order valence-electron chi connectivity index (χ4n) is 10.5. The Labute approximate surface area is 614 Å². The molecule has 0 bridgehead atoms. The molecule has 0 atom stereocenters. The van der Waals surface area contributed by atoms with Gasteiger partial charge in [-0.05, 0) is 225 Å². The second-order valence-electron chi connectivity index (χ2n) is 27.5. The first-order valence-electron chi connectivity index (χ1n) is 32.1. The highest BCUT2D eigenvalue weighted by molar-refractivity contribution is 9.11. The van der Waals surface area contributed by atoms with E-state index in [4.69, 9.17) is 33.7 Å². The fourth-order valence-corrected chi connectivity index (χ4v) is 15.4. The Morgan fingerprint density at radius 2 is 0.690 bits per heavy atom. The molecule has 0 unspecified atom stereocenters. The second-order valence-corrected chi connectivity index (χ2v) is 34.6. The molecule has 3 aromatic carbocycles. The molecule has 19 nitrogen and oxygen atoms in total. The average molecular weight is 1560 g/mol. The molecule has 0 saturated carbocycles. The monoisotopic (exact) mass is 1560 g/mol. The SMILES string of the molecule is CC(C)(C)OC(=O)N1C(=O)C2=C(c3ccc(Br)s3)N(C(=O)OC(C)(C)C)C(=O)C2=C1c1ccc(Br)s1.CCCCCCOc1ccc(-c2ccc(C3=C4C(=O)N(C(=O)OC(C)(C)C)C(c5ccc(-c6ccc(C)cc6)s5)=C4C(=O)N3C(=O)OC(C)(C)C)s2)cc1.Cc1ccc(B(O)O)cc1. The van der Waals surface area contributed by atoms with Crippen LogP contribution < -0.4 is 10.2 Å². The highest BCUT2D eigenvalue weighted by atomic mass is 79.9. The second kappa shape index (κ2) is 30.6. The quantitative estimate of drug-likeness (QED) is 0.0620. The zero-order chi connectivity index (χ0) is 73.2. The summed E-state index contributed by atoms with van der Waals surface area (Å²) in [4.78, 5) is 119. The molecule has 0 saturated heterocycles. The van der Waals surface area contributed by atoms with Crippen LogP contribution in [0.15, 0.2) is 151 Å². The van der Waals surface area contributed by atoms with Gasteiger partial charge < -0.3 is 33.7 Å². The van der Waals surface area contributed by atoms with Crippen LogP contribution in [0.4, 0.5) is 19.2 Å². The number of thiophene rings is 4. The highest BCUT2D eigenvalue weighted by Gasteiger charge is 2.57. The van der Waals surface area contributed by atoms with E-state index in [2.05, 4.69) is 38.8 Å². The van der Waals surface area contributed by atoms with Gasteiger partial charge in [-0.3, -0.25) is 19.2 Å². The third-order valence-electron chi connectivity index (χ3n) is 14.7. The standard InChI is InChI=1S/C43H46N2O7S2.C24H22Br2N2O6S2.C7H9BO2/c1-9-10-11-12-25-50-29-19-17-28(18-20-29)31-22-24-33(54-31)37-35-34(38(46)45(37)41(49)52-43(6,7)8)36(44(39(35)47)40(48)51-42(3,4)5)32-23-21-30(53-32)27-15-13-26(2)14-16-27;1-23(2,3)33-21(31)27-17(11-7-9-13(25)35-11)15-16(19(27)29)18(12-8-10-14(26)36-12)28(20(15)30)22(32)34-24(4,5)6;1-6-2-4-7(5-3-6)8(9)10/h13-24H,9-12,25H2,1-8H3;7-10H,1-6H3;2-5,9-10H,1H3. The van der Waals surface area contributed by atoms with Crippen molar-refractivity contribution in [3.63, 3.8) is 0 Å². The van der Waals surface area contributed by atoms with E-state index in [-0.39, 0.29) is 45.1 Å². The largest absolute Gasteiger partial charge is 0.494 e. The van der Waals surface area contributed by atoms with Gasteiger partial charge in [0.25, 0.3) is 23.6 Å². The van der Waals surface area contributed by atoms with Gasteiger partial charge in [-0.15, -0.1) is 45.3 Å². The van der Waals surface area contributed by atoms with Crippen LogP contribution in [0.2, 0.25) is 0 Å². The van der Waals surface area contributed by atoms with Gasteiger partial charge in [-0.1, -0.05) is 85.8 Å². The van der Waals surface area contributed by atoms with Gasteiger partial charge in [0.2, 0.25) is 0 Å². The predicted molar refractivity (Wildman–Crippen MR) is 399 cm³/mol. The lowest BCUT2D eigenvalue weighted by Crippen LogP contribution is -2.40. The van der Waals surface area contributed by atoms with E-state index in [0.29, 0.717) is 31.6 Å². The molecule has 0 fully saturated rings. The van der Waals surface area contributed by atoms with Crippen molar-refractivity contribution < 1.29 is 72.1 Å². The molecule has 2 N–H and O–H groups in total. The topological polar surface area (TPSA) is 236 Å². The molecule has 4 aliphatic rings. The number of halogens is 2. The Morgan fingerprint density at radius 3 is 0.980 bits per heavy atom. The number of fused-ring (bicyclic) bond motifs is 2. The summed E-state index contributed by atoms with van der Waals surface area (Å²) >= 11 is 11.9. The highest BCUT2D eigenvalue weighted by Crippen LogP contribution is 2.53. The van der Waals surface area contributed by atoms with Gasteiger partial charge in [-0.25, -0.2) is 38.8 Å². The van der Waals surface area contributed by atoms with Crippen LogP contribution in [0.3, 0.4) is 0 Å². The van der Waals surface area contributed by atoms with E-state index in [1.54, 1.807) is 132 Å². The van der Waals surface area contributed by atoms with Gasteiger partial charge in [-0.2, -0.15) is 0 Å². The summed E-state index contributed by atoms with van der Waals surface area (Å²) in [6.45, 7) is 27.1. The number of hydrogen-bond donors (Lipinski definition) is 2. The number of amides is 8. The number of imide groups is 4. The molecular weight excluding hydrogens is 1480 g/mol. The summed E-state index contributed by atoms with van der Waals surface area (Å²) in [7, 11) is -1.35. The smallest absolute Gasteiger partial charge is 0.488 e. The first-order valence-corrected chi connectivity index (χ1v) is 36.9. The Hall–Kier alpha value is -8.08. The summed E-state index contributed by atoms with van der Waals surface area (Å²) < 4.78 is 29.9. The van der Waals surface area contributed by atoms with Crippen molar-refractivity contribution in [1.82, 2.24) is 19.6 Å². The number of hydrogen-bond acceptors (Lipinski definition) is 19. The van der Waals surface area contributed by atoms with Gasteiger partial charge in [0.1, 0.15) is 28.2 Å². The Kier molecular flexibility index (Phi) is 23.3. The van der Waals surface area contributed by atoms with E-state index >= 15 is 0 Å². The van der Waals surface area contributed by atoms with E-state index < -0.39 is 77.5 Å². The number of benzene rings is 3. The molecule has 100 heavy (non-hydrogen) atoms. The van der Waals surface area contributed by atoms with Crippen molar-refractivity contribution in [3.8, 4) is 26.6 Å². The van der Waals surface area contributed by atoms with Crippen molar-refractivity contribution in [3.05, 3.63) is 182 Å². The van der Waals surface area contributed by atoms with Crippen LogP contribution in [-0.4, -0.2) is 114 Å². The fraction of sp³-hybridized carbons (Fsp3) is 0.324. The number of carbonyl (C=O) groups excluding carboxylic acids is 8. The zero-order valence-corrected chi connectivity index (χ0v) is 64.5. The normalized spacial score (nSPS) is 14.8. The molecule has 0 spiro atoms. The predicted octanol–water partition coefficient (Wildman–Crippen LogP) is 17.8. The molecule has 11 rings (SSSR count). The Bertz CT molecular complexity index is 4370. The summed E-state index contributed by atoms with van der Waals surface area (Å²) in [5.41, 5.74) is 1.02. The van der Waals surface area contributed by atoms with Gasteiger partial charge in [0.05, 0.1) is 78.8 Å². The maximum absolute atomic E-state index is 14.6.